The van der Waals surface area contributed by atoms with Gasteiger partial charge >= 0.3 is 0 Å². The number of amides is 1. The number of nitrogens with one attached hydrogen (secondary N) is 2. The molecule has 1 amide bonds. The van der Waals surface area contributed by atoms with Gasteiger partial charge in [-0.2, -0.15) is 0 Å². The number of hydrogen-bond acceptors (Lipinski definition) is 5. The lowest BCUT2D eigenvalue weighted by molar-refractivity contribution is 0.0934. The van der Waals surface area contributed by atoms with Gasteiger partial charge in [-0.1, -0.05) is 30.3 Å². The van der Waals surface area contributed by atoms with Crippen molar-refractivity contribution in [2.75, 3.05) is 39.3 Å². The summed E-state index contributed by atoms with van der Waals surface area (Å²) in [4.78, 5) is 17.4. The normalized spacial score (nSPS) is 18.1. The fraction of sp³-hybridized carbons (Fsp3) is 0.435. The third-order valence-corrected chi connectivity index (χ3v) is 7.29. The van der Waals surface area contributed by atoms with Crippen molar-refractivity contribution >= 4 is 15.9 Å². The summed E-state index contributed by atoms with van der Waals surface area (Å²) in [7, 11) is -3.49. The molecular weight excluding hydrogens is 412 g/mol. The molecule has 2 fully saturated rings. The molecule has 0 unspecified atom stereocenters. The average molecular weight is 443 g/mol. The molecule has 31 heavy (non-hydrogen) atoms. The Labute approximate surface area is 184 Å². The first kappa shape index (κ1) is 22.0. The predicted octanol–water partition coefficient (Wildman–Crippen LogP) is 1.67. The van der Waals surface area contributed by atoms with Crippen LogP contribution < -0.4 is 10.0 Å². The molecule has 1 heterocycles. The summed E-state index contributed by atoms with van der Waals surface area (Å²) in [6.45, 7) is 6.38. The Morgan fingerprint density at radius 2 is 1.55 bits per heavy atom. The van der Waals surface area contributed by atoms with E-state index in [9.17, 15) is 13.2 Å². The quantitative estimate of drug-likeness (QED) is 0.618. The zero-order chi connectivity index (χ0) is 21.7. The second-order valence-corrected chi connectivity index (χ2v) is 9.99. The summed E-state index contributed by atoms with van der Waals surface area (Å²) < 4.78 is 27.1. The Kier molecular flexibility index (Phi) is 7.02. The number of nitrogens with zero attached hydrogens (tertiary/aromatic N) is 2. The predicted molar refractivity (Wildman–Crippen MR) is 120 cm³/mol. The van der Waals surface area contributed by atoms with E-state index < -0.39 is 10.0 Å². The average Bonchev–Trinajstić information content (AvgIpc) is 3.59. The molecule has 2 aromatic rings. The lowest BCUT2D eigenvalue weighted by Crippen LogP contribution is -2.48. The highest BCUT2D eigenvalue weighted by molar-refractivity contribution is 7.89. The molecule has 2 N–H and O–H groups in total. The van der Waals surface area contributed by atoms with E-state index in [1.807, 2.05) is 6.07 Å². The maximum atomic E-state index is 12.4. The minimum absolute atomic E-state index is 0.0631. The smallest absolute Gasteiger partial charge is 0.251 e. The van der Waals surface area contributed by atoms with Crippen LogP contribution in [0.4, 0.5) is 0 Å². The Morgan fingerprint density at radius 3 is 2.19 bits per heavy atom. The van der Waals surface area contributed by atoms with Crippen LogP contribution in [-0.2, 0) is 16.6 Å². The molecule has 1 aliphatic heterocycles. The van der Waals surface area contributed by atoms with Gasteiger partial charge in [0, 0.05) is 57.4 Å². The van der Waals surface area contributed by atoms with Gasteiger partial charge in [-0.25, -0.2) is 13.1 Å². The van der Waals surface area contributed by atoms with Gasteiger partial charge in [0.2, 0.25) is 10.0 Å². The number of carbonyl (C=O) groups excluding carboxylic acids is 1. The molecule has 0 bridgehead atoms. The van der Waals surface area contributed by atoms with E-state index in [2.05, 4.69) is 44.1 Å². The molecule has 8 heteroatoms. The fourth-order valence-corrected chi connectivity index (χ4v) is 5.02. The maximum absolute atomic E-state index is 12.4. The second kappa shape index (κ2) is 9.91. The third kappa shape index (κ3) is 6.36. The van der Waals surface area contributed by atoms with E-state index in [0.717, 1.165) is 52.1 Å². The molecule has 0 radical (unpaired) electrons. The molecule has 1 aliphatic carbocycles. The molecule has 1 saturated heterocycles. The first-order valence-electron chi connectivity index (χ1n) is 10.9. The summed E-state index contributed by atoms with van der Waals surface area (Å²) in [6.07, 6.45) is 1.78. The van der Waals surface area contributed by atoms with Crippen molar-refractivity contribution in [2.24, 2.45) is 0 Å². The van der Waals surface area contributed by atoms with Crippen LogP contribution in [0, 0.1) is 0 Å². The Hall–Kier alpha value is -2.26. The van der Waals surface area contributed by atoms with Crippen molar-refractivity contribution in [2.45, 2.75) is 30.3 Å². The van der Waals surface area contributed by atoms with E-state index in [1.165, 1.54) is 17.7 Å². The van der Waals surface area contributed by atoms with Crippen molar-refractivity contribution in [1.29, 1.82) is 0 Å². The highest BCUT2D eigenvalue weighted by Gasteiger charge is 2.28. The largest absolute Gasteiger partial charge is 0.351 e. The molecule has 2 aromatic carbocycles. The molecule has 7 nitrogen and oxygen atoms in total. The molecule has 0 atom stereocenters. The molecule has 0 aromatic heterocycles. The molecule has 4 rings (SSSR count). The molecular formula is C23H30N4O3S. The zero-order valence-corrected chi connectivity index (χ0v) is 18.5. The summed E-state index contributed by atoms with van der Waals surface area (Å²) in [5.41, 5.74) is 1.81. The van der Waals surface area contributed by atoms with Crippen LogP contribution in [0.1, 0.15) is 28.8 Å². The van der Waals surface area contributed by atoms with Crippen LogP contribution in [0.15, 0.2) is 59.5 Å². The van der Waals surface area contributed by atoms with Crippen molar-refractivity contribution in [3.05, 3.63) is 65.7 Å². The van der Waals surface area contributed by atoms with Crippen LogP contribution >= 0.6 is 0 Å². The SMILES string of the molecule is O=C(NCCN1CCN(Cc2ccccc2)CC1)c1ccc(S(=O)(=O)NC2CC2)cc1. The number of sulfonamides is 1. The van der Waals surface area contributed by atoms with Crippen molar-refractivity contribution in [3.8, 4) is 0 Å². The Balaban J connectivity index is 1.17. The lowest BCUT2D eigenvalue weighted by Gasteiger charge is -2.34. The highest BCUT2D eigenvalue weighted by Crippen LogP contribution is 2.22. The van der Waals surface area contributed by atoms with Crippen LogP contribution in [-0.4, -0.2) is 69.4 Å². The van der Waals surface area contributed by atoms with Gasteiger partial charge in [0.05, 0.1) is 4.90 Å². The zero-order valence-electron chi connectivity index (χ0n) is 17.7. The number of benzene rings is 2. The van der Waals surface area contributed by atoms with E-state index in [1.54, 1.807) is 12.1 Å². The number of rotatable bonds is 9. The van der Waals surface area contributed by atoms with Crippen molar-refractivity contribution < 1.29 is 13.2 Å². The summed E-state index contributed by atoms with van der Waals surface area (Å²) in [5.74, 6) is -0.179. The first-order chi connectivity index (χ1) is 15.0. The van der Waals surface area contributed by atoms with Crippen LogP contribution in [0.2, 0.25) is 0 Å². The van der Waals surface area contributed by atoms with Crippen LogP contribution in [0.3, 0.4) is 0 Å². The van der Waals surface area contributed by atoms with E-state index in [0.29, 0.717) is 12.1 Å². The molecule has 1 saturated carbocycles. The third-order valence-electron chi connectivity index (χ3n) is 5.75. The minimum Gasteiger partial charge on any atom is -0.351 e. The summed E-state index contributed by atoms with van der Waals surface area (Å²) in [5, 5.41) is 2.94. The minimum atomic E-state index is -3.49. The summed E-state index contributed by atoms with van der Waals surface area (Å²) in [6, 6.07) is 16.7. The van der Waals surface area contributed by atoms with Gasteiger partial charge in [-0.3, -0.25) is 14.6 Å². The highest BCUT2D eigenvalue weighted by atomic mass is 32.2. The number of carbonyl (C=O) groups is 1. The van der Waals surface area contributed by atoms with Gasteiger partial charge in [-0.15, -0.1) is 0 Å². The van der Waals surface area contributed by atoms with E-state index >= 15 is 0 Å². The fourth-order valence-electron chi connectivity index (χ4n) is 3.72. The van der Waals surface area contributed by atoms with Gasteiger partial charge in [-0.05, 0) is 42.7 Å². The van der Waals surface area contributed by atoms with E-state index in [4.69, 9.17) is 0 Å². The van der Waals surface area contributed by atoms with E-state index in [-0.39, 0.29) is 16.8 Å². The van der Waals surface area contributed by atoms with Crippen molar-refractivity contribution in [3.63, 3.8) is 0 Å². The monoisotopic (exact) mass is 442 g/mol. The summed E-state index contributed by atoms with van der Waals surface area (Å²) >= 11 is 0. The topological polar surface area (TPSA) is 81.8 Å². The van der Waals surface area contributed by atoms with Gasteiger partial charge < -0.3 is 5.32 Å². The molecule has 166 valence electrons. The second-order valence-electron chi connectivity index (χ2n) is 8.28. The maximum Gasteiger partial charge on any atom is 0.251 e. The Bertz CT molecular complexity index is 968. The first-order valence-corrected chi connectivity index (χ1v) is 12.4. The van der Waals surface area contributed by atoms with Gasteiger partial charge in [0.15, 0.2) is 0 Å². The lowest BCUT2D eigenvalue weighted by atomic mass is 10.2. The molecule has 2 aliphatic rings. The molecule has 0 spiro atoms. The van der Waals surface area contributed by atoms with Crippen LogP contribution in [0.25, 0.3) is 0 Å². The van der Waals surface area contributed by atoms with Crippen LogP contribution in [0.5, 0.6) is 0 Å². The number of piperazine rings is 1. The van der Waals surface area contributed by atoms with Gasteiger partial charge in [0.1, 0.15) is 0 Å². The Morgan fingerprint density at radius 1 is 0.903 bits per heavy atom. The van der Waals surface area contributed by atoms with Gasteiger partial charge in [0.25, 0.3) is 5.91 Å². The number of hydrogen-bond donors (Lipinski definition) is 2. The standard InChI is InChI=1S/C23H30N4O3S/c28-23(20-6-10-22(11-7-20)31(29,30)25-21-8-9-21)24-12-13-26-14-16-27(17-15-26)18-19-4-2-1-3-5-19/h1-7,10-11,21,25H,8-9,12-18H2,(H,24,28). The van der Waals surface area contributed by atoms with Crippen molar-refractivity contribution in [1.82, 2.24) is 19.8 Å².